The van der Waals surface area contributed by atoms with Gasteiger partial charge in [0.25, 0.3) is 5.91 Å². The molecule has 0 unspecified atom stereocenters. The molecule has 0 spiro atoms. The van der Waals surface area contributed by atoms with E-state index in [1.54, 1.807) is 30.3 Å². The SMILES string of the molecule is Nc1cc(C(=O)Nc2ccc3[nH]c(=O)[nH]c3c2)ccc1Cl. The molecule has 3 aromatic rings. The van der Waals surface area contributed by atoms with Gasteiger partial charge in [0.2, 0.25) is 0 Å². The summed E-state index contributed by atoms with van der Waals surface area (Å²) >= 11 is 5.82. The Balaban J connectivity index is 1.88. The number of amides is 1. The third kappa shape index (κ3) is 2.61. The molecule has 106 valence electrons. The van der Waals surface area contributed by atoms with Crippen LogP contribution in [0.2, 0.25) is 5.02 Å². The van der Waals surface area contributed by atoms with Crippen molar-refractivity contribution >= 4 is 39.9 Å². The number of nitrogens with one attached hydrogen (secondary N) is 3. The fourth-order valence-electron chi connectivity index (χ4n) is 2.00. The average molecular weight is 303 g/mol. The molecule has 0 atom stereocenters. The van der Waals surface area contributed by atoms with E-state index in [0.717, 1.165) is 0 Å². The van der Waals surface area contributed by atoms with Gasteiger partial charge in [-0.25, -0.2) is 4.79 Å². The predicted molar refractivity (Wildman–Crippen MR) is 82.7 cm³/mol. The Morgan fingerprint density at radius 2 is 1.86 bits per heavy atom. The highest BCUT2D eigenvalue weighted by Gasteiger charge is 2.09. The highest BCUT2D eigenvalue weighted by Crippen LogP contribution is 2.21. The lowest BCUT2D eigenvalue weighted by Gasteiger charge is -2.06. The summed E-state index contributed by atoms with van der Waals surface area (Å²) in [4.78, 5) is 28.6. The second-order valence-corrected chi connectivity index (χ2v) is 4.94. The van der Waals surface area contributed by atoms with Crippen LogP contribution in [-0.2, 0) is 0 Å². The maximum atomic E-state index is 12.1. The second-order valence-electron chi connectivity index (χ2n) is 4.53. The minimum Gasteiger partial charge on any atom is -0.398 e. The summed E-state index contributed by atoms with van der Waals surface area (Å²) in [5.41, 5.74) is 7.98. The highest BCUT2D eigenvalue weighted by atomic mass is 35.5. The van der Waals surface area contributed by atoms with Crippen LogP contribution in [0.25, 0.3) is 11.0 Å². The number of halogens is 1. The summed E-state index contributed by atoms with van der Waals surface area (Å²) in [5, 5.41) is 3.13. The molecule has 2 aromatic carbocycles. The first-order chi connectivity index (χ1) is 10.0. The zero-order valence-corrected chi connectivity index (χ0v) is 11.5. The van der Waals surface area contributed by atoms with Crippen molar-refractivity contribution < 1.29 is 4.79 Å². The van der Waals surface area contributed by atoms with E-state index in [2.05, 4.69) is 15.3 Å². The van der Waals surface area contributed by atoms with Crippen LogP contribution in [0.15, 0.2) is 41.2 Å². The zero-order chi connectivity index (χ0) is 15.0. The molecule has 1 aromatic heterocycles. The van der Waals surface area contributed by atoms with Gasteiger partial charge in [-0.2, -0.15) is 0 Å². The Morgan fingerprint density at radius 1 is 1.10 bits per heavy atom. The normalized spacial score (nSPS) is 10.7. The van der Waals surface area contributed by atoms with E-state index in [1.165, 1.54) is 6.07 Å². The number of aromatic nitrogens is 2. The molecule has 0 aliphatic carbocycles. The molecule has 0 aliphatic rings. The van der Waals surface area contributed by atoms with E-state index in [4.69, 9.17) is 17.3 Å². The maximum Gasteiger partial charge on any atom is 0.323 e. The summed E-state index contributed by atoms with van der Waals surface area (Å²) in [6, 6.07) is 9.74. The molecule has 21 heavy (non-hydrogen) atoms. The summed E-state index contributed by atoms with van der Waals surface area (Å²) in [6.07, 6.45) is 0. The van der Waals surface area contributed by atoms with Crippen LogP contribution >= 0.6 is 11.6 Å². The number of fused-ring (bicyclic) bond motifs is 1. The first-order valence-electron chi connectivity index (χ1n) is 6.11. The van der Waals surface area contributed by atoms with Gasteiger partial charge in [0, 0.05) is 11.3 Å². The molecule has 6 nitrogen and oxygen atoms in total. The number of anilines is 2. The molecule has 0 fully saturated rings. The first-order valence-corrected chi connectivity index (χ1v) is 6.49. The Bertz CT molecular complexity index is 897. The third-order valence-corrected chi connectivity index (χ3v) is 3.38. The number of carbonyl (C=O) groups excluding carboxylic acids is 1. The first kappa shape index (κ1) is 13.3. The number of hydrogen-bond donors (Lipinski definition) is 4. The molecule has 0 bridgehead atoms. The predicted octanol–water partition coefficient (Wildman–Crippen LogP) is 2.34. The van der Waals surface area contributed by atoms with E-state index in [9.17, 15) is 9.59 Å². The Labute approximate surface area is 123 Å². The average Bonchev–Trinajstić information content (AvgIpc) is 2.81. The standard InChI is InChI=1S/C14H11ClN4O2/c15-9-3-1-7(5-10(9)16)13(20)17-8-2-4-11-12(6-8)19-14(21)18-11/h1-6H,16H2,(H,17,20)(H2,18,19,21). The van der Waals surface area contributed by atoms with Gasteiger partial charge in [-0.05, 0) is 36.4 Å². The summed E-state index contributed by atoms with van der Waals surface area (Å²) in [7, 11) is 0. The summed E-state index contributed by atoms with van der Waals surface area (Å²) in [6.45, 7) is 0. The van der Waals surface area contributed by atoms with Crippen molar-refractivity contribution in [3.63, 3.8) is 0 Å². The monoisotopic (exact) mass is 302 g/mol. The zero-order valence-electron chi connectivity index (χ0n) is 10.7. The van der Waals surface area contributed by atoms with E-state index >= 15 is 0 Å². The molecule has 3 rings (SSSR count). The molecule has 0 aliphatic heterocycles. The molecule has 0 saturated carbocycles. The minimum absolute atomic E-state index is 0.293. The van der Waals surface area contributed by atoms with Crippen molar-refractivity contribution in [1.29, 1.82) is 0 Å². The molecule has 5 N–H and O–H groups in total. The van der Waals surface area contributed by atoms with Crippen molar-refractivity contribution in [3.8, 4) is 0 Å². The Hall–Kier alpha value is -2.73. The van der Waals surface area contributed by atoms with Gasteiger partial charge in [-0.15, -0.1) is 0 Å². The number of nitrogen functional groups attached to an aromatic ring is 1. The lowest BCUT2D eigenvalue weighted by molar-refractivity contribution is 0.102. The van der Waals surface area contributed by atoms with Crippen molar-refractivity contribution in [2.45, 2.75) is 0 Å². The van der Waals surface area contributed by atoms with E-state index in [0.29, 0.717) is 33.0 Å². The highest BCUT2D eigenvalue weighted by molar-refractivity contribution is 6.33. The van der Waals surface area contributed by atoms with Gasteiger partial charge in [0.15, 0.2) is 0 Å². The van der Waals surface area contributed by atoms with Crippen molar-refractivity contribution in [2.24, 2.45) is 0 Å². The Morgan fingerprint density at radius 3 is 2.62 bits per heavy atom. The molecular formula is C14H11ClN4O2. The number of nitrogens with two attached hydrogens (primary N) is 1. The molecule has 1 amide bonds. The van der Waals surface area contributed by atoms with Crippen molar-refractivity contribution in [1.82, 2.24) is 9.97 Å². The molecular weight excluding hydrogens is 292 g/mol. The fraction of sp³-hybridized carbons (Fsp3) is 0. The molecule has 0 saturated heterocycles. The minimum atomic E-state index is -0.310. The van der Waals surface area contributed by atoms with Crippen LogP contribution in [0, 0.1) is 0 Å². The largest absolute Gasteiger partial charge is 0.398 e. The molecule has 1 heterocycles. The topological polar surface area (TPSA) is 104 Å². The van der Waals surface area contributed by atoms with Gasteiger partial charge in [0.05, 0.1) is 21.7 Å². The number of hydrogen-bond acceptors (Lipinski definition) is 3. The van der Waals surface area contributed by atoms with Crippen LogP contribution in [-0.4, -0.2) is 15.9 Å². The third-order valence-electron chi connectivity index (χ3n) is 3.03. The van der Waals surface area contributed by atoms with Crippen LogP contribution < -0.4 is 16.7 Å². The number of carbonyl (C=O) groups is 1. The summed E-state index contributed by atoms with van der Waals surface area (Å²) in [5.74, 6) is -0.310. The number of H-pyrrole nitrogens is 2. The van der Waals surface area contributed by atoms with Crippen molar-refractivity contribution in [3.05, 3.63) is 57.5 Å². The molecule has 7 heteroatoms. The van der Waals surface area contributed by atoms with Gasteiger partial charge in [-0.1, -0.05) is 11.6 Å². The van der Waals surface area contributed by atoms with E-state index in [-0.39, 0.29) is 11.6 Å². The van der Waals surface area contributed by atoms with Crippen LogP contribution in [0.1, 0.15) is 10.4 Å². The van der Waals surface area contributed by atoms with Gasteiger partial charge >= 0.3 is 5.69 Å². The smallest absolute Gasteiger partial charge is 0.323 e. The lowest BCUT2D eigenvalue weighted by Crippen LogP contribution is -2.12. The van der Waals surface area contributed by atoms with Gasteiger partial charge < -0.3 is 21.0 Å². The summed E-state index contributed by atoms with van der Waals surface area (Å²) < 4.78 is 0. The van der Waals surface area contributed by atoms with Gasteiger partial charge in [-0.3, -0.25) is 4.79 Å². The second kappa shape index (κ2) is 4.99. The van der Waals surface area contributed by atoms with Crippen LogP contribution in [0.5, 0.6) is 0 Å². The van der Waals surface area contributed by atoms with E-state index < -0.39 is 0 Å². The fourth-order valence-corrected chi connectivity index (χ4v) is 2.12. The number of rotatable bonds is 2. The van der Waals surface area contributed by atoms with Gasteiger partial charge in [0.1, 0.15) is 0 Å². The number of benzene rings is 2. The Kier molecular flexibility index (Phi) is 3.15. The van der Waals surface area contributed by atoms with E-state index in [1.807, 2.05) is 0 Å². The van der Waals surface area contributed by atoms with Crippen molar-refractivity contribution in [2.75, 3.05) is 11.1 Å². The van der Waals surface area contributed by atoms with Crippen LogP contribution in [0.3, 0.4) is 0 Å². The maximum absolute atomic E-state index is 12.1. The van der Waals surface area contributed by atoms with Crippen LogP contribution in [0.4, 0.5) is 11.4 Å². The number of aromatic amines is 2. The molecule has 0 radical (unpaired) electrons. The number of imidazole rings is 1. The lowest BCUT2D eigenvalue weighted by atomic mass is 10.2. The quantitative estimate of drug-likeness (QED) is 0.546.